The van der Waals surface area contributed by atoms with Crippen molar-refractivity contribution in [2.45, 2.75) is 38.1 Å². The van der Waals surface area contributed by atoms with Crippen LogP contribution in [0.4, 0.5) is 5.69 Å². The standard InChI is InChI=1S/C16H18N4S/c1-17-13-10-8-12(9-11-13)15-19-20(2)16(21-15)18-14-6-4-3-5-7-14/h8-11,14H,3-7H2,2H3. The van der Waals surface area contributed by atoms with Crippen molar-refractivity contribution < 1.29 is 0 Å². The third-order valence-corrected chi connectivity index (χ3v) is 4.88. The molecule has 0 amide bonds. The van der Waals surface area contributed by atoms with Gasteiger partial charge in [-0.3, -0.25) is 4.99 Å². The first kappa shape index (κ1) is 14.0. The zero-order chi connectivity index (χ0) is 14.7. The highest BCUT2D eigenvalue weighted by Gasteiger charge is 2.13. The fourth-order valence-corrected chi connectivity index (χ4v) is 3.59. The monoisotopic (exact) mass is 298 g/mol. The normalized spacial score (nSPS) is 16.9. The molecule has 5 heteroatoms. The largest absolute Gasteiger partial charge is 0.254 e. The van der Waals surface area contributed by atoms with Crippen LogP contribution in [0.1, 0.15) is 32.1 Å². The van der Waals surface area contributed by atoms with E-state index < -0.39 is 0 Å². The van der Waals surface area contributed by atoms with Crippen molar-refractivity contribution in [3.63, 3.8) is 0 Å². The summed E-state index contributed by atoms with van der Waals surface area (Å²) in [5.74, 6) is 0. The second-order valence-corrected chi connectivity index (χ2v) is 6.35. The van der Waals surface area contributed by atoms with Gasteiger partial charge in [0.1, 0.15) is 5.01 Å². The minimum absolute atomic E-state index is 0.461. The average Bonchev–Trinajstić information content (AvgIpc) is 2.89. The number of aryl methyl sites for hydroxylation is 1. The fraction of sp³-hybridized carbons (Fsp3) is 0.438. The summed E-state index contributed by atoms with van der Waals surface area (Å²) in [6, 6.07) is 8.04. The summed E-state index contributed by atoms with van der Waals surface area (Å²) >= 11 is 1.63. The SMILES string of the molecule is [C-]#[N+]c1ccc(-c2nn(C)c(=NC3CCCCC3)s2)cc1. The molecule has 1 heterocycles. The molecule has 1 aliphatic carbocycles. The Kier molecular flexibility index (Phi) is 4.16. The molecule has 0 aliphatic heterocycles. The van der Waals surface area contributed by atoms with Crippen molar-refractivity contribution in [1.29, 1.82) is 0 Å². The van der Waals surface area contributed by atoms with Crippen LogP contribution < -0.4 is 4.80 Å². The Labute approximate surface area is 128 Å². The van der Waals surface area contributed by atoms with E-state index in [1.807, 2.05) is 36.0 Å². The number of nitrogens with zero attached hydrogens (tertiary/aromatic N) is 4. The van der Waals surface area contributed by atoms with Gasteiger partial charge in [0.15, 0.2) is 5.69 Å². The minimum Gasteiger partial charge on any atom is -0.254 e. The van der Waals surface area contributed by atoms with Gasteiger partial charge in [0.25, 0.3) is 0 Å². The van der Waals surface area contributed by atoms with Gasteiger partial charge in [-0.25, -0.2) is 9.53 Å². The van der Waals surface area contributed by atoms with Crippen molar-refractivity contribution in [2.24, 2.45) is 12.0 Å². The van der Waals surface area contributed by atoms with Crippen molar-refractivity contribution in [1.82, 2.24) is 9.78 Å². The van der Waals surface area contributed by atoms with E-state index in [4.69, 9.17) is 11.6 Å². The number of rotatable bonds is 2. The lowest BCUT2D eigenvalue weighted by Crippen LogP contribution is -2.18. The van der Waals surface area contributed by atoms with Crippen molar-refractivity contribution in [2.75, 3.05) is 0 Å². The van der Waals surface area contributed by atoms with E-state index in [0.29, 0.717) is 11.7 Å². The Morgan fingerprint density at radius 3 is 2.62 bits per heavy atom. The maximum atomic E-state index is 6.99. The molecule has 1 aliphatic rings. The molecule has 0 radical (unpaired) electrons. The fourth-order valence-electron chi connectivity index (χ4n) is 2.62. The number of hydrogen-bond donors (Lipinski definition) is 0. The molecule has 1 aromatic carbocycles. The predicted molar refractivity (Wildman–Crippen MR) is 85.2 cm³/mol. The highest BCUT2D eigenvalue weighted by molar-refractivity contribution is 7.12. The quantitative estimate of drug-likeness (QED) is 0.773. The summed E-state index contributed by atoms with van der Waals surface area (Å²) in [6.45, 7) is 6.99. The van der Waals surface area contributed by atoms with Gasteiger partial charge in [0.05, 0.1) is 12.6 Å². The van der Waals surface area contributed by atoms with Crippen molar-refractivity contribution >= 4 is 17.0 Å². The molecule has 0 N–H and O–H groups in total. The summed E-state index contributed by atoms with van der Waals surface area (Å²) in [5, 5.41) is 5.53. The Morgan fingerprint density at radius 2 is 1.95 bits per heavy atom. The van der Waals surface area contributed by atoms with E-state index >= 15 is 0 Å². The molecule has 21 heavy (non-hydrogen) atoms. The Morgan fingerprint density at radius 1 is 1.24 bits per heavy atom. The van der Waals surface area contributed by atoms with E-state index in [-0.39, 0.29) is 0 Å². The van der Waals surface area contributed by atoms with Gasteiger partial charge in [-0.15, -0.1) is 0 Å². The van der Waals surface area contributed by atoms with Crippen LogP contribution >= 0.6 is 11.3 Å². The topological polar surface area (TPSA) is 34.5 Å². The van der Waals surface area contributed by atoms with Gasteiger partial charge in [-0.05, 0) is 12.8 Å². The van der Waals surface area contributed by atoms with Crippen LogP contribution in [0.15, 0.2) is 29.3 Å². The van der Waals surface area contributed by atoms with E-state index in [2.05, 4.69) is 9.94 Å². The molecule has 0 unspecified atom stereocenters. The molecule has 1 fully saturated rings. The van der Waals surface area contributed by atoms with Crippen LogP contribution in [0.2, 0.25) is 0 Å². The summed E-state index contributed by atoms with van der Waals surface area (Å²) in [7, 11) is 1.95. The van der Waals surface area contributed by atoms with Gasteiger partial charge in [-0.2, -0.15) is 5.10 Å². The zero-order valence-corrected chi connectivity index (χ0v) is 12.9. The Hall–Kier alpha value is -1.93. The van der Waals surface area contributed by atoms with Crippen LogP contribution in [-0.4, -0.2) is 15.8 Å². The third kappa shape index (κ3) is 3.22. The van der Waals surface area contributed by atoms with Crippen LogP contribution in [0.3, 0.4) is 0 Å². The van der Waals surface area contributed by atoms with Crippen LogP contribution in [0.5, 0.6) is 0 Å². The average molecular weight is 298 g/mol. The smallest absolute Gasteiger partial charge is 0.203 e. The highest BCUT2D eigenvalue weighted by atomic mass is 32.1. The molecular weight excluding hydrogens is 280 g/mol. The summed E-state index contributed by atoms with van der Waals surface area (Å²) < 4.78 is 1.87. The molecule has 0 bridgehead atoms. The predicted octanol–water partition coefficient (Wildman–Crippen LogP) is 3.93. The minimum atomic E-state index is 0.461. The van der Waals surface area contributed by atoms with Crippen LogP contribution in [-0.2, 0) is 7.05 Å². The molecule has 0 atom stereocenters. The summed E-state index contributed by atoms with van der Waals surface area (Å²) in [6.07, 6.45) is 6.34. The maximum Gasteiger partial charge on any atom is 0.203 e. The molecule has 0 spiro atoms. The van der Waals surface area contributed by atoms with Gasteiger partial charge in [-0.1, -0.05) is 54.9 Å². The first-order chi connectivity index (χ1) is 10.3. The second-order valence-electron chi connectivity index (χ2n) is 5.39. The maximum absolute atomic E-state index is 6.99. The van der Waals surface area contributed by atoms with E-state index in [1.54, 1.807) is 11.3 Å². The lowest BCUT2D eigenvalue weighted by Gasteiger charge is -2.16. The number of benzene rings is 1. The van der Waals surface area contributed by atoms with Crippen molar-refractivity contribution in [3.05, 3.63) is 40.5 Å². The van der Waals surface area contributed by atoms with Crippen LogP contribution in [0.25, 0.3) is 15.4 Å². The lowest BCUT2D eigenvalue weighted by atomic mass is 9.96. The molecule has 3 rings (SSSR count). The molecule has 108 valence electrons. The van der Waals surface area contributed by atoms with E-state index in [0.717, 1.165) is 15.4 Å². The molecule has 1 aromatic heterocycles. The van der Waals surface area contributed by atoms with E-state index in [1.165, 1.54) is 32.1 Å². The number of aromatic nitrogens is 2. The first-order valence-corrected chi connectivity index (χ1v) is 8.14. The summed E-state index contributed by atoms with van der Waals surface area (Å²) in [4.78, 5) is 9.27. The molecule has 0 saturated heterocycles. The lowest BCUT2D eigenvalue weighted by molar-refractivity contribution is 0.434. The Bertz CT molecular complexity index is 712. The zero-order valence-electron chi connectivity index (χ0n) is 12.1. The van der Waals surface area contributed by atoms with Gasteiger partial charge in [0, 0.05) is 12.6 Å². The van der Waals surface area contributed by atoms with Crippen LogP contribution in [0, 0.1) is 6.57 Å². The van der Waals surface area contributed by atoms with E-state index in [9.17, 15) is 0 Å². The number of hydrogen-bond acceptors (Lipinski definition) is 3. The van der Waals surface area contributed by atoms with Crippen molar-refractivity contribution in [3.8, 4) is 10.6 Å². The summed E-state index contributed by atoms with van der Waals surface area (Å²) in [5.41, 5.74) is 1.71. The second kappa shape index (κ2) is 6.23. The van der Waals surface area contributed by atoms with Gasteiger partial charge in [0.2, 0.25) is 4.80 Å². The molecule has 4 nitrogen and oxygen atoms in total. The third-order valence-electron chi connectivity index (χ3n) is 3.82. The Balaban J connectivity index is 1.89. The molecular formula is C16H18N4S. The molecule has 1 saturated carbocycles. The highest BCUT2D eigenvalue weighted by Crippen LogP contribution is 2.23. The first-order valence-electron chi connectivity index (χ1n) is 7.32. The molecule has 2 aromatic rings. The van der Waals surface area contributed by atoms with Gasteiger partial charge < -0.3 is 0 Å². The van der Waals surface area contributed by atoms with Gasteiger partial charge >= 0.3 is 0 Å².